The van der Waals surface area contributed by atoms with Crippen molar-refractivity contribution in [1.29, 1.82) is 0 Å². The monoisotopic (exact) mass is 266 g/mol. The summed E-state index contributed by atoms with van der Waals surface area (Å²) in [5.41, 5.74) is 0.737. The van der Waals surface area contributed by atoms with Crippen LogP contribution in [0.1, 0.15) is 30.9 Å². The Hall–Kier alpha value is -1.37. The zero-order chi connectivity index (χ0) is 13.0. The maximum Gasteiger partial charge on any atom is 0.179 e. The van der Waals surface area contributed by atoms with E-state index in [1.54, 1.807) is 12.1 Å². The molecule has 4 heteroatoms. The summed E-state index contributed by atoms with van der Waals surface area (Å²) in [6.07, 6.45) is 6.66. The highest BCUT2D eigenvalue weighted by Crippen LogP contribution is 2.40. The molecule has 1 N–H and O–H groups in total. The first kappa shape index (κ1) is 13.1. The molecular formula is C14H15ClO3. The van der Waals surface area contributed by atoms with Crippen molar-refractivity contribution in [2.75, 3.05) is 13.2 Å². The zero-order valence-electron chi connectivity index (χ0n) is 9.99. The minimum absolute atomic E-state index is 0.471. The maximum atomic E-state index is 10.0. The average Bonchev–Trinajstić information content (AvgIpc) is 2.39. The molecule has 1 unspecified atom stereocenters. The van der Waals surface area contributed by atoms with Crippen LogP contribution in [0.3, 0.4) is 0 Å². The average molecular weight is 267 g/mol. The van der Waals surface area contributed by atoms with Gasteiger partial charge in [0, 0.05) is 6.42 Å². The summed E-state index contributed by atoms with van der Waals surface area (Å²) in [5, 5.41) is 10.5. The Morgan fingerprint density at radius 3 is 2.94 bits per heavy atom. The fourth-order valence-electron chi connectivity index (χ4n) is 1.89. The second kappa shape index (κ2) is 5.99. The topological polar surface area (TPSA) is 38.7 Å². The van der Waals surface area contributed by atoms with E-state index in [1.807, 2.05) is 0 Å². The number of rotatable bonds is 4. The van der Waals surface area contributed by atoms with Gasteiger partial charge in [-0.2, -0.15) is 0 Å². The molecule has 96 valence electrons. The fourth-order valence-corrected chi connectivity index (χ4v) is 2.16. The van der Waals surface area contributed by atoms with E-state index in [0.29, 0.717) is 42.6 Å². The van der Waals surface area contributed by atoms with E-state index in [0.717, 1.165) is 12.0 Å². The van der Waals surface area contributed by atoms with Gasteiger partial charge in [-0.15, -0.1) is 12.3 Å². The number of unbranched alkanes of at least 4 members (excludes halogenated alkanes) is 1. The molecule has 0 fully saturated rings. The first-order valence-corrected chi connectivity index (χ1v) is 6.30. The lowest BCUT2D eigenvalue weighted by Crippen LogP contribution is -2.16. The molecule has 1 atom stereocenters. The normalized spacial score (nSPS) is 14.9. The fraction of sp³-hybridized carbons (Fsp3) is 0.429. The van der Waals surface area contributed by atoms with Crippen LogP contribution in [0.5, 0.6) is 11.5 Å². The van der Waals surface area contributed by atoms with E-state index < -0.39 is 6.10 Å². The van der Waals surface area contributed by atoms with E-state index in [4.69, 9.17) is 27.5 Å². The van der Waals surface area contributed by atoms with Gasteiger partial charge in [0.1, 0.15) is 13.2 Å². The molecule has 0 radical (unpaired) electrons. The molecule has 1 heterocycles. The number of benzene rings is 1. The highest BCUT2D eigenvalue weighted by atomic mass is 35.5. The first-order valence-electron chi connectivity index (χ1n) is 5.93. The summed E-state index contributed by atoms with van der Waals surface area (Å²) >= 11 is 6.10. The molecule has 1 aliphatic heterocycles. The van der Waals surface area contributed by atoms with Crippen LogP contribution in [0.2, 0.25) is 5.02 Å². The Labute approximate surface area is 112 Å². The summed E-state index contributed by atoms with van der Waals surface area (Å²) in [7, 11) is 0. The van der Waals surface area contributed by atoms with Crippen molar-refractivity contribution < 1.29 is 14.6 Å². The molecule has 0 spiro atoms. The first-order chi connectivity index (χ1) is 8.72. The van der Waals surface area contributed by atoms with E-state index >= 15 is 0 Å². The van der Waals surface area contributed by atoms with Crippen molar-refractivity contribution in [3.8, 4) is 23.8 Å². The second-order valence-electron chi connectivity index (χ2n) is 4.14. The largest absolute Gasteiger partial charge is 0.486 e. The van der Waals surface area contributed by atoms with Gasteiger partial charge >= 0.3 is 0 Å². The number of hydrogen-bond acceptors (Lipinski definition) is 3. The zero-order valence-corrected chi connectivity index (χ0v) is 10.7. The van der Waals surface area contributed by atoms with Gasteiger partial charge in [-0.05, 0) is 30.5 Å². The second-order valence-corrected chi connectivity index (χ2v) is 4.55. The van der Waals surface area contributed by atoms with E-state index in [-0.39, 0.29) is 0 Å². The number of aliphatic hydroxyl groups excluding tert-OH is 1. The lowest BCUT2D eigenvalue weighted by Gasteiger charge is -2.21. The van der Waals surface area contributed by atoms with Crippen LogP contribution in [0.15, 0.2) is 12.1 Å². The predicted octanol–water partition coefficient (Wildman–Crippen LogP) is 2.95. The molecule has 0 amide bonds. The van der Waals surface area contributed by atoms with Gasteiger partial charge in [0.25, 0.3) is 0 Å². The molecule has 0 saturated heterocycles. The third kappa shape index (κ3) is 2.90. The van der Waals surface area contributed by atoms with E-state index in [9.17, 15) is 5.11 Å². The Morgan fingerprint density at radius 2 is 2.17 bits per heavy atom. The molecule has 3 nitrogen and oxygen atoms in total. The summed E-state index contributed by atoms with van der Waals surface area (Å²) in [6.45, 7) is 0.997. The number of aliphatic hydroxyl groups is 1. The summed E-state index contributed by atoms with van der Waals surface area (Å²) in [4.78, 5) is 0. The molecule has 0 aliphatic carbocycles. The molecular weight excluding hydrogens is 252 g/mol. The van der Waals surface area contributed by atoms with Gasteiger partial charge in [0.05, 0.1) is 11.1 Å². The molecule has 1 aromatic carbocycles. The van der Waals surface area contributed by atoms with E-state index in [1.165, 1.54) is 0 Å². The van der Waals surface area contributed by atoms with E-state index in [2.05, 4.69) is 5.92 Å². The minimum Gasteiger partial charge on any atom is -0.486 e. The molecule has 1 aromatic rings. The lowest BCUT2D eigenvalue weighted by molar-refractivity contribution is 0.158. The third-order valence-electron chi connectivity index (χ3n) is 2.80. The molecule has 0 saturated carbocycles. The van der Waals surface area contributed by atoms with Crippen LogP contribution in [-0.2, 0) is 0 Å². The third-order valence-corrected chi connectivity index (χ3v) is 3.08. The van der Waals surface area contributed by atoms with Crippen LogP contribution in [0.25, 0.3) is 0 Å². The van der Waals surface area contributed by atoms with Gasteiger partial charge in [-0.25, -0.2) is 0 Å². The summed E-state index contributed by atoms with van der Waals surface area (Å²) < 4.78 is 10.9. The van der Waals surface area contributed by atoms with Crippen molar-refractivity contribution >= 4 is 11.6 Å². The minimum atomic E-state index is -0.577. The Kier molecular flexibility index (Phi) is 4.35. The quantitative estimate of drug-likeness (QED) is 0.673. The van der Waals surface area contributed by atoms with Crippen LogP contribution in [-0.4, -0.2) is 18.3 Å². The van der Waals surface area contributed by atoms with Gasteiger partial charge in [0.2, 0.25) is 0 Å². The van der Waals surface area contributed by atoms with Crippen LogP contribution >= 0.6 is 11.6 Å². The molecule has 0 aromatic heterocycles. The molecule has 0 bridgehead atoms. The standard InChI is InChI=1S/C14H15ClO3/c1-2-3-4-5-12(16)10-8-11(15)14-13(9-10)17-6-7-18-14/h1,8-9,12,16H,3-7H2. The number of halogens is 1. The Balaban J connectivity index is 2.14. The van der Waals surface area contributed by atoms with Crippen LogP contribution < -0.4 is 9.47 Å². The predicted molar refractivity (Wildman–Crippen MR) is 70.1 cm³/mol. The van der Waals surface area contributed by atoms with Crippen LogP contribution in [0, 0.1) is 12.3 Å². The number of fused-ring (bicyclic) bond motifs is 1. The van der Waals surface area contributed by atoms with Crippen molar-refractivity contribution in [2.45, 2.75) is 25.4 Å². The van der Waals surface area contributed by atoms with Gasteiger partial charge in [0.15, 0.2) is 11.5 Å². The SMILES string of the molecule is C#CCCCC(O)c1cc(Cl)c2c(c1)OCCO2. The highest BCUT2D eigenvalue weighted by molar-refractivity contribution is 6.32. The molecule has 2 rings (SSSR count). The Morgan fingerprint density at radius 1 is 1.39 bits per heavy atom. The molecule has 18 heavy (non-hydrogen) atoms. The van der Waals surface area contributed by atoms with Crippen molar-refractivity contribution in [3.05, 3.63) is 22.7 Å². The number of terminal acetylenes is 1. The summed E-state index contributed by atoms with van der Waals surface area (Å²) in [5.74, 6) is 3.71. The summed E-state index contributed by atoms with van der Waals surface area (Å²) in [6, 6.07) is 3.50. The van der Waals surface area contributed by atoms with Crippen LogP contribution in [0.4, 0.5) is 0 Å². The van der Waals surface area contributed by atoms with Gasteiger partial charge in [-0.3, -0.25) is 0 Å². The number of hydrogen-bond donors (Lipinski definition) is 1. The van der Waals surface area contributed by atoms with Crippen molar-refractivity contribution in [1.82, 2.24) is 0 Å². The van der Waals surface area contributed by atoms with Gasteiger partial charge < -0.3 is 14.6 Å². The lowest BCUT2D eigenvalue weighted by atomic mass is 10.0. The Bertz CT molecular complexity index is 465. The number of ether oxygens (including phenoxy) is 2. The smallest absolute Gasteiger partial charge is 0.179 e. The highest BCUT2D eigenvalue weighted by Gasteiger charge is 2.19. The van der Waals surface area contributed by atoms with Gasteiger partial charge in [-0.1, -0.05) is 11.6 Å². The molecule has 1 aliphatic rings. The van der Waals surface area contributed by atoms with Crippen molar-refractivity contribution in [2.24, 2.45) is 0 Å². The van der Waals surface area contributed by atoms with Crippen molar-refractivity contribution in [3.63, 3.8) is 0 Å². The maximum absolute atomic E-state index is 10.0.